The number of carbonyl (C=O) groups excluding carboxylic acids is 1. The number of aromatic hydroxyl groups is 1. The third kappa shape index (κ3) is 4.42. The molecule has 2 heterocycles. The first-order valence-corrected chi connectivity index (χ1v) is 9.46. The summed E-state index contributed by atoms with van der Waals surface area (Å²) in [5.41, 5.74) is -0.145. The molecule has 10 heteroatoms. The number of carbonyl (C=O) groups is 2. The van der Waals surface area contributed by atoms with Gasteiger partial charge in [0.05, 0.1) is 26.2 Å². The van der Waals surface area contributed by atoms with E-state index < -0.39 is 30.0 Å². The lowest BCUT2D eigenvalue weighted by atomic mass is 9.87. The molecule has 2 N–H and O–H groups in total. The second-order valence-electron chi connectivity index (χ2n) is 6.95. The lowest BCUT2D eigenvalue weighted by Gasteiger charge is -2.24. The number of fused-ring (bicyclic) bond motifs is 1. The fourth-order valence-electron chi connectivity index (χ4n) is 3.56. The number of rotatable bonds is 7. The number of methoxy groups -OCH3 is 2. The largest absolute Gasteiger partial charge is 0.507 e. The Morgan fingerprint density at radius 3 is 2.55 bits per heavy atom. The molecule has 1 aliphatic heterocycles. The van der Waals surface area contributed by atoms with Crippen LogP contribution in [0.2, 0.25) is 0 Å². The summed E-state index contributed by atoms with van der Waals surface area (Å²) in [5, 5.41) is 19.8. The Morgan fingerprint density at radius 1 is 1.19 bits per heavy atom. The highest BCUT2D eigenvalue weighted by Crippen LogP contribution is 2.44. The molecule has 0 spiro atoms. The highest BCUT2D eigenvalue weighted by atomic mass is 16.6. The number of aryl methyl sites for hydroxylation is 1. The topological polar surface area (TPSA) is 134 Å². The van der Waals surface area contributed by atoms with Crippen LogP contribution in [0.5, 0.6) is 23.0 Å². The van der Waals surface area contributed by atoms with Crippen molar-refractivity contribution >= 4 is 11.9 Å². The van der Waals surface area contributed by atoms with Crippen LogP contribution in [0.1, 0.15) is 29.2 Å². The number of pyridine rings is 1. The van der Waals surface area contributed by atoms with Gasteiger partial charge in [0.1, 0.15) is 25.5 Å². The molecule has 0 radical (unpaired) electrons. The van der Waals surface area contributed by atoms with Gasteiger partial charge < -0.3 is 33.7 Å². The predicted molar refractivity (Wildman–Crippen MR) is 107 cm³/mol. The van der Waals surface area contributed by atoms with E-state index in [1.165, 1.54) is 27.2 Å². The van der Waals surface area contributed by atoms with Crippen LogP contribution in [0.3, 0.4) is 0 Å². The number of benzene rings is 1. The molecule has 2 aromatic rings. The van der Waals surface area contributed by atoms with E-state index in [1.807, 2.05) is 0 Å². The Hall–Kier alpha value is -3.69. The maximum absolute atomic E-state index is 13.2. The van der Waals surface area contributed by atoms with Crippen molar-refractivity contribution in [3.05, 3.63) is 45.4 Å². The van der Waals surface area contributed by atoms with E-state index in [1.54, 1.807) is 12.1 Å². The Kier molecular flexibility index (Phi) is 6.38. The molecule has 1 aromatic carbocycles. The molecule has 0 bridgehead atoms. The van der Waals surface area contributed by atoms with E-state index in [0.29, 0.717) is 36.0 Å². The predicted octanol–water partition coefficient (Wildman–Crippen LogP) is 1.42. The summed E-state index contributed by atoms with van der Waals surface area (Å²) < 4.78 is 22.4. The van der Waals surface area contributed by atoms with Crippen molar-refractivity contribution in [1.29, 1.82) is 0 Å². The Labute approximate surface area is 177 Å². The maximum Gasteiger partial charge on any atom is 0.323 e. The summed E-state index contributed by atoms with van der Waals surface area (Å²) in [6, 6.07) is 4.48. The van der Waals surface area contributed by atoms with Crippen LogP contribution in [0.25, 0.3) is 0 Å². The molecular weight excluding hydrogens is 410 g/mol. The van der Waals surface area contributed by atoms with Gasteiger partial charge in [-0.05, 0) is 30.7 Å². The zero-order chi connectivity index (χ0) is 22.7. The number of hydrogen-bond donors (Lipinski definition) is 2. The van der Waals surface area contributed by atoms with Crippen LogP contribution in [-0.4, -0.2) is 54.2 Å². The van der Waals surface area contributed by atoms with Crippen LogP contribution in [0, 0.1) is 6.92 Å². The minimum atomic E-state index is -1.22. The molecule has 31 heavy (non-hydrogen) atoms. The second kappa shape index (κ2) is 8.99. The van der Waals surface area contributed by atoms with Crippen molar-refractivity contribution in [3.8, 4) is 23.0 Å². The minimum Gasteiger partial charge on any atom is -0.507 e. The number of nitrogens with zero attached hydrogens (tertiary/aromatic N) is 1. The fourth-order valence-corrected chi connectivity index (χ4v) is 3.56. The van der Waals surface area contributed by atoms with Crippen molar-refractivity contribution in [1.82, 2.24) is 4.57 Å². The van der Waals surface area contributed by atoms with Crippen LogP contribution in [0.4, 0.5) is 0 Å². The molecule has 1 aliphatic rings. The van der Waals surface area contributed by atoms with Gasteiger partial charge in [0.2, 0.25) is 5.75 Å². The van der Waals surface area contributed by atoms with Crippen molar-refractivity contribution in [2.24, 2.45) is 0 Å². The molecule has 0 amide bonds. The standard InChI is InChI=1S/C21H23NO9/c1-11-6-14(23)19(21(27)22(11)10-17(24)25)13(9-18(26)29-3)12-7-15(28-2)20-16(8-12)30-4-5-31-20/h6-8,13,23H,4-5,9-10H2,1-3H3,(H,24,25)/t13-/m1/s1. The van der Waals surface area contributed by atoms with Crippen LogP contribution in [0.15, 0.2) is 23.0 Å². The monoisotopic (exact) mass is 433 g/mol. The van der Waals surface area contributed by atoms with Crippen molar-refractivity contribution < 1.29 is 38.7 Å². The summed E-state index contributed by atoms with van der Waals surface area (Å²) in [5.74, 6) is -2.05. The van der Waals surface area contributed by atoms with E-state index >= 15 is 0 Å². The number of carboxylic acid groups (broad SMARTS) is 1. The van der Waals surface area contributed by atoms with Crippen molar-refractivity contribution in [2.45, 2.75) is 25.8 Å². The number of hydrogen-bond acceptors (Lipinski definition) is 8. The van der Waals surface area contributed by atoms with Gasteiger partial charge in [-0.2, -0.15) is 0 Å². The Bertz CT molecular complexity index is 1060. The van der Waals surface area contributed by atoms with Crippen LogP contribution < -0.4 is 19.8 Å². The van der Waals surface area contributed by atoms with Crippen LogP contribution >= 0.6 is 0 Å². The van der Waals surface area contributed by atoms with E-state index in [4.69, 9.17) is 18.9 Å². The average molecular weight is 433 g/mol. The van der Waals surface area contributed by atoms with Gasteiger partial charge >= 0.3 is 11.9 Å². The highest BCUT2D eigenvalue weighted by Gasteiger charge is 2.30. The molecule has 0 aliphatic carbocycles. The lowest BCUT2D eigenvalue weighted by molar-refractivity contribution is -0.141. The van der Waals surface area contributed by atoms with E-state index in [0.717, 1.165) is 4.57 Å². The summed E-state index contributed by atoms with van der Waals surface area (Å²) in [7, 11) is 2.65. The minimum absolute atomic E-state index is 0.129. The number of aromatic nitrogens is 1. The third-order valence-corrected chi connectivity index (χ3v) is 5.02. The van der Waals surface area contributed by atoms with E-state index in [2.05, 4.69) is 0 Å². The zero-order valence-electron chi connectivity index (χ0n) is 17.3. The fraction of sp³-hybridized carbons (Fsp3) is 0.381. The van der Waals surface area contributed by atoms with Crippen molar-refractivity contribution in [3.63, 3.8) is 0 Å². The van der Waals surface area contributed by atoms with Gasteiger partial charge in [0.15, 0.2) is 11.5 Å². The first kappa shape index (κ1) is 22.0. The SMILES string of the molecule is COC(=O)C[C@H](c1cc(OC)c2c(c1)OCCO2)c1c(O)cc(C)n(CC(=O)O)c1=O. The molecule has 0 saturated heterocycles. The third-order valence-electron chi connectivity index (χ3n) is 5.02. The maximum atomic E-state index is 13.2. The molecule has 1 atom stereocenters. The molecule has 0 fully saturated rings. The smallest absolute Gasteiger partial charge is 0.323 e. The van der Waals surface area contributed by atoms with Gasteiger partial charge in [-0.25, -0.2) is 0 Å². The Morgan fingerprint density at radius 2 is 1.90 bits per heavy atom. The average Bonchev–Trinajstić information content (AvgIpc) is 2.74. The first-order chi connectivity index (χ1) is 14.8. The molecule has 0 unspecified atom stereocenters. The molecule has 166 valence electrons. The molecule has 0 saturated carbocycles. The summed E-state index contributed by atoms with van der Waals surface area (Å²) >= 11 is 0. The van der Waals surface area contributed by atoms with Gasteiger partial charge in [0.25, 0.3) is 5.56 Å². The summed E-state index contributed by atoms with van der Waals surface area (Å²) in [6.07, 6.45) is -0.280. The van der Waals surface area contributed by atoms with E-state index in [-0.39, 0.29) is 23.4 Å². The molecular formula is C21H23NO9. The van der Waals surface area contributed by atoms with Crippen LogP contribution in [-0.2, 0) is 20.9 Å². The molecule has 3 rings (SSSR count). The first-order valence-electron chi connectivity index (χ1n) is 9.46. The second-order valence-corrected chi connectivity index (χ2v) is 6.95. The van der Waals surface area contributed by atoms with Gasteiger partial charge in [-0.3, -0.25) is 14.4 Å². The van der Waals surface area contributed by atoms with Gasteiger partial charge in [-0.1, -0.05) is 0 Å². The Balaban J connectivity index is 2.23. The number of ether oxygens (including phenoxy) is 4. The summed E-state index contributed by atoms with van der Waals surface area (Å²) in [4.78, 5) is 36.6. The van der Waals surface area contributed by atoms with Crippen molar-refractivity contribution in [2.75, 3.05) is 27.4 Å². The normalized spacial score (nSPS) is 13.4. The number of aliphatic carboxylic acids is 1. The van der Waals surface area contributed by atoms with Gasteiger partial charge in [0, 0.05) is 11.6 Å². The zero-order valence-corrected chi connectivity index (χ0v) is 17.3. The van der Waals surface area contributed by atoms with E-state index in [9.17, 15) is 24.6 Å². The highest BCUT2D eigenvalue weighted by molar-refractivity contribution is 5.72. The quantitative estimate of drug-likeness (QED) is 0.622. The lowest BCUT2D eigenvalue weighted by Crippen LogP contribution is -2.31. The number of esters is 1. The molecule has 1 aromatic heterocycles. The number of carboxylic acids is 1. The molecule has 10 nitrogen and oxygen atoms in total. The van der Waals surface area contributed by atoms with Gasteiger partial charge in [-0.15, -0.1) is 0 Å². The summed E-state index contributed by atoms with van der Waals surface area (Å²) in [6.45, 7) is 1.57.